The molecule has 0 aromatic heterocycles. The highest BCUT2D eigenvalue weighted by Gasteiger charge is 2.20. The third-order valence-electron chi connectivity index (χ3n) is 2.90. The monoisotopic (exact) mass is 272 g/mol. The minimum Gasteiger partial charge on any atom is -0.207 e. The molecule has 0 fully saturated rings. The Hall–Kier alpha value is -0.370. The molecule has 0 spiro atoms. The Labute approximate surface area is 100 Å². The van der Waals surface area contributed by atoms with Crippen molar-refractivity contribution < 1.29 is 4.39 Å². The predicted octanol–water partition coefficient (Wildman–Crippen LogP) is 4.74. The van der Waals surface area contributed by atoms with E-state index in [1.54, 1.807) is 12.1 Å². The van der Waals surface area contributed by atoms with Crippen LogP contribution in [-0.4, -0.2) is 5.33 Å². The summed E-state index contributed by atoms with van der Waals surface area (Å²) in [7, 11) is 0. The number of hydrogen-bond acceptors (Lipinski definition) is 0. The maximum Gasteiger partial charge on any atom is 0.126 e. The van der Waals surface area contributed by atoms with E-state index in [4.69, 9.17) is 0 Å². The van der Waals surface area contributed by atoms with Gasteiger partial charge in [0.25, 0.3) is 0 Å². The number of alkyl halides is 1. The molecular weight excluding hydrogens is 255 g/mol. The zero-order valence-corrected chi connectivity index (χ0v) is 10.9. The predicted molar refractivity (Wildman–Crippen MR) is 67.0 cm³/mol. The van der Waals surface area contributed by atoms with Crippen LogP contribution in [-0.2, 0) is 0 Å². The Morgan fingerprint density at radius 2 is 2.00 bits per heavy atom. The van der Waals surface area contributed by atoms with Gasteiger partial charge in [-0.15, -0.1) is 0 Å². The van der Waals surface area contributed by atoms with Gasteiger partial charge in [0.15, 0.2) is 0 Å². The fourth-order valence-electron chi connectivity index (χ4n) is 1.97. The average molecular weight is 273 g/mol. The molecule has 1 aromatic rings. The Morgan fingerprint density at radius 3 is 2.53 bits per heavy atom. The largest absolute Gasteiger partial charge is 0.207 e. The van der Waals surface area contributed by atoms with E-state index >= 15 is 0 Å². The van der Waals surface area contributed by atoms with Crippen LogP contribution in [0.5, 0.6) is 0 Å². The lowest BCUT2D eigenvalue weighted by atomic mass is 9.86. The molecule has 0 aliphatic rings. The van der Waals surface area contributed by atoms with Crippen LogP contribution in [0.3, 0.4) is 0 Å². The number of halogens is 2. The lowest BCUT2D eigenvalue weighted by molar-refractivity contribution is 0.439. The lowest BCUT2D eigenvalue weighted by Gasteiger charge is -2.22. The smallest absolute Gasteiger partial charge is 0.126 e. The second-order valence-electron chi connectivity index (χ2n) is 4.05. The van der Waals surface area contributed by atoms with Crippen LogP contribution in [0.1, 0.15) is 38.2 Å². The topological polar surface area (TPSA) is 0 Å². The standard InChI is InChI=1S/C13H18BrF/c1-3-6-10(2)12(9-14)11-7-4-5-8-13(11)15/h4-5,7-8,10,12H,3,6,9H2,1-2H3. The molecule has 0 saturated carbocycles. The molecule has 2 heteroatoms. The van der Waals surface area contributed by atoms with Crippen LogP contribution in [0, 0.1) is 11.7 Å². The van der Waals surface area contributed by atoms with Crippen LogP contribution >= 0.6 is 15.9 Å². The molecule has 0 aliphatic carbocycles. The summed E-state index contributed by atoms with van der Waals surface area (Å²) in [6.45, 7) is 4.37. The first-order chi connectivity index (χ1) is 7.20. The first-order valence-electron chi connectivity index (χ1n) is 5.51. The maximum atomic E-state index is 13.6. The van der Waals surface area contributed by atoms with Gasteiger partial charge in [0.1, 0.15) is 5.82 Å². The van der Waals surface area contributed by atoms with Crippen molar-refractivity contribution in [2.45, 2.75) is 32.6 Å². The number of rotatable bonds is 5. The fraction of sp³-hybridized carbons (Fsp3) is 0.538. The summed E-state index contributed by atoms with van der Waals surface area (Å²) in [5, 5.41) is 0.828. The molecule has 0 amide bonds. The molecule has 15 heavy (non-hydrogen) atoms. The number of benzene rings is 1. The third-order valence-corrected chi connectivity index (χ3v) is 3.60. The molecule has 0 aliphatic heterocycles. The van der Waals surface area contributed by atoms with Gasteiger partial charge in [-0.25, -0.2) is 4.39 Å². The van der Waals surface area contributed by atoms with E-state index in [2.05, 4.69) is 29.8 Å². The van der Waals surface area contributed by atoms with Gasteiger partial charge in [0.05, 0.1) is 0 Å². The van der Waals surface area contributed by atoms with E-state index in [1.165, 1.54) is 0 Å². The summed E-state index contributed by atoms with van der Waals surface area (Å²) < 4.78 is 13.6. The molecule has 0 radical (unpaired) electrons. The SMILES string of the molecule is CCCC(C)C(CBr)c1ccccc1F. The van der Waals surface area contributed by atoms with E-state index in [0.717, 1.165) is 23.7 Å². The van der Waals surface area contributed by atoms with Gasteiger partial charge < -0.3 is 0 Å². The molecule has 2 atom stereocenters. The average Bonchev–Trinajstić information content (AvgIpc) is 2.22. The highest BCUT2D eigenvalue weighted by atomic mass is 79.9. The molecule has 2 unspecified atom stereocenters. The molecule has 1 rings (SSSR count). The second-order valence-corrected chi connectivity index (χ2v) is 4.70. The van der Waals surface area contributed by atoms with Crippen molar-refractivity contribution >= 4 is 15.9 Å². The van der Waals surface area contributed by atoms with Crippen molar-refractivity contribution in [2.24, 2.45) is 5.92 Å². The Balaban J connectivity index is 2.87. The van der Waals surface area contributed by atoms with Gasteiger partial charge in [0.2, 0.25) is 0 Å². The highest BCUT2D eigenvalue weighted by Crippen LogP contribution is 2.31. The molecule has 0 saturated heterocycles. The minimum absolute atomic E-state index is 0.0788. The fourth-order valence-corrected chi connectivity index (χ4v) is 2.96. The van der Waals surface area contributed by atoms with Gasteiger partial charge in [-0.05, 0) is 23.5 Å². The van der Waals surface area contributed by atoms with Crippen LogP contribution < -0.4 is 0 Å². The molecule has 1 aromatic carbocycles. The number of hydrogen-bond donors (Lipinski definition) is 0. The van der Waals surface area contributed by atoms with E-state index in [-0.39, 0.29) is 11.7 Å². The van der Waals surface area contributed by atoms with Gasteiger partial charge in [-0.2, -0.15) is 0 Å². The third kappa shape index (κ3) is 3.30. The van der Waals surface area contributed by atoms with Crippen LogP contribution in [0.4, 0.5) is 4.39 Å². The first-order valence-corrected chi connectivity index (χ1v) is 6.63. The van der Waals surface area contributed by atoms with Gasteiger partial charge in [-0.1, -0.05) is 60.8 Å². The van der Waals surface area contributed by atoms with Crippen molar-refractivity contribution in [3.05, 3.63) is 35.6 Å². The zero-order valence-electron chi connectivity index (χ0n) is 9.34. The lowest BCUT2D eigenvalue weighted by Crippen LogP contribution is -2.12. The van der Waals surface area contributed by atoms with E-state index in [9.17, 15) is 4.39 Å². The summed E-state index contributed by atoms with van der Waals surface area (Å²) in [5.41, 5.74) is 0.843. The maximum absolute atomic E-state index is 13.6. The van der Waals surface area contributed by atoms with Crippen LogP contribution in [0.15, 0.2) is 24.3 Å². The van der Waals surface area contributed by atoms with E-state index in [0.29, 0.717) is 5.92 Å². The molecule has 84 valence electrons. The van der Waals surface area contributed by atoms with Gasteiger partial charge >= 0.3 is 0 Å². The van der Waals surface area contributed by atoms with Gasteiger partial charge in [0, 0.05) is 5.33 Å². The van der Waals surface area contributed by atoms with Gasteiger partial charge in [-0.3, -0.25) is 0 Å². The summed E-state index contributed by atoms with van der Waals surface area (Å²) >= 11 is 3.49. The molecule has 0 nitrogen and oxygen atoms in total. The van der Waals surface area contributed by atoms with E-state index < -0.39 is 0 Å². The summed E-state index contributed by atoms with van der Waals surface area (Å²) in [5.74, 6) is 0.724. The van der Waals surface area contributed by atoms with Crippen molar-refractivity contribution in [1.82, 2.24) is 0 Å². The van der Waals surface area contributed by atoms with Crippen molar-refractivity contribution in [3.63, 3.8) is 0 Å². The first kappa shape index (κ1) is 12.7. The Bertz CT molecular complexity index is 298. The minimum atomic E-state index is -0.0788. The zero-order chi connectivity index (χ0) is 11.3. The quantitative estimate of drug-likeness (QED) is 0.680. The molecule has 0 N–H and O–H groups in total. The van der Waals surface area contributed by atoms with Crippen molar-refractivity contribution in [1.29, 1.82) is 0 Å². The molecular formula is C13H18BrF. The molecule has 0 heterocycles. The summed E-state index contributed by atoms with van der Waals surface area (Å²) in [4.78, 5) is 0. The molecule has 0 bridgehead atoms. The summed E-state index contributed by atoms with van der Waals surface area (Å²) in [6, 6.07) is 7.10. The summed E-state index contributed by atoms with van der Waals surface area (Å²) in [6.07, 6.45) is 2.30. The van der Waals surface area contributed by atoms with E-state index in [1.807, 2.05) is 12.1 Å². The van der Waals surface area contributed by atoms with Crippen LogP contribution in [0.2, 0.25) is 0 Å². The Morgan fingerprint density at radius 1 is 1.33 bits per heavy atom. The Kier molecular flexibility index (Phi) is 5.30. The van der Waals surface area contributed by atoms with Crippen LogP contribution in [0.25, 0.3) is 0 Å². The van der Waals surface area contributed by atoms with Crippen molar-refractivity contribution in [3.8, 4) is 0 Å². The highest BCUT2D eigenvalue weighted by molar-refractivity contribution is 9.09. The van der Waals surface area contributed by atoms with Crippen molar-refractivity contribution in [2.75, 3.05) is 5.33 Å². The normalized spacial score (nSPS) is 14.9. The second kappa shape index (κ2) is 6.26.